The van der Waals surface area contributed by atoms with E-state index in [0.717, 1.165) is 44.3 Å². The first-order valence-corrected chi connectivity index (χ1v) is 36.4. The van der Waals surface area contributed by atoms with E-state index in [1.165, 1.54) is 178 Å². The molecule has 0 aliphatic carbocycles. The van der Waals surface area contributed by atoms with Crippen molar-refractivity contribution in [2.45, 2.75) is 198 Å². The van der Waals surface area contributed by atoms with Gasteiger partial charge in [0.2, 0.25) is 0 Å². The molecule has 0 unspecified atom stereocenters. The van der Waals surface area contributed by atoms with Crippen LogP contribution in [0.2, 0.25) is 14.8 Å². The van der Waals surface area contributed by atoms with Gasteiger partial charge >= 0.3 is 150 Å². The zero-order chi connectivity index (χ0) is 44.1. The van der Waals surface area contributed by atoms with Crippen LogP contribution < -0.4 is 12.4 Å². The molecule has 6 heteroatoms. The first-order chi connectivity index (χ1) is 29.5. The molecule has 0 radical (unpaired) electrons. The van der Waals surface area contributed by atoms with Crippen LogP contribution in [0.15, 0.2) is 53.9 Å². The van der Waals surface area contributed by atoms with Crippen LogP contribution in [0.1, 0.15) is 177 Å². The molecule has 1 saturated heterocycles. The van der Waals surface area contributed by atoms with Gasteiger partial charge in [0.25, 0.3) is 0 Å². The normalized spacial score (nSPS) is 12.5. The number of ether oxygens (including phenoxy) is 3. The summed E-state index contributed by atoms with van der Waals surface area (Å²) < 4.78 is 19.0. The van der Waals surface area contributed by atoms with Gasteiger partial charge in [-0.05, 0) is 67.3 Å². The quantitative estimate of drug-likeness (QED) is 0.0440. The average Bonchev–Trinajstić information content (AvgIpc) is 4.08. The standard InChI is InChI=1S/C24H36OS.C24H35OS.C4H8O.3CH3.Sn/c2*1-4-5-6-7-8-9-10-11-12-13-16-25-23-19-22(18-20(2)21(23)3)24-15-14-17-26-24;1-2-4-5-3-1;;;;/h14-15,17-19H,4-13,16H2,1-3H3;14-15,18-19H,4-13,16H2,1-3H3;1-4H2;3*1H3;. The van der Waals surface area contributed by atoms with Crippen LogP contribution in [0, 0.1) is 27.7 Å². The van der Waals surface area contributed by atoms with Crippen molar-refractivity contribution in [2.75, 3.05) is 26.4 Å². The molecule has 0 atom stereocenters. The van der Waals surface area contributed by atoms with Crippen molar-refractivity contribution in [3.8, 4) is 32.4 Å². The van der Waals surface area contributed by atoms with Crippen LogP contribution in [-0.2, 0) is 4.74 Å². The van der Waals surface area contributed by atoms with E-state index in [4.69, 9.17) is 14.2 Å². The minimum atomic E-state index is -1.99. The number of rotatable bonds is 27. The molecule has 4 aromatic rings. The molecule has 3 heterocycles. The molecule has 1 fully saturated rings. The summed E-state index contributed by atoms with van der Waals surface area (Å²) in [6.07, 6.45) is 29.8. The molecule has 2 aromatic heterocycles. The number of unbranched alkanes of at least 4 members (excludes halogenated alkanes) is 18. The first-order valence-electron chi connectivity index (χ1n) is 24.8. The second kappa shape index (κ2) is 31.9. The van der Waals surface area contributed by atoms with E-state index in [1.54, 1.807) is 14.2 Å². The van der Waals surface area contributed by atoms with E-state index in [0.29, 0.717) is 0 Å². The summed E-state index contributed by atoms with van der Waals surface area (Å²) in [6.45, 7) is 17.0. The van der Waals surface area contributed by atoms with Gasteiger partial charge in [0, 0.05) is 18.1 Å². The van der Waals surface area contributed by atoms with Crippen molar-refractivity contribution in [1.82, 2.24) is 0 Å². The minimum absolute atomic E-state index is 0.838. The van der Waals surface area contributed by atoms with Gasteiger partial charge in [-0.2, -0.15) is 0 Å². The summed E-state index contributed by atoms with van der Waals surface area (Å²) in [7, 11) is 0. The summed E-state index contributed by atoms with van der Waals surface area (Å²) in [6, 6.07) is 18.1. The molecule has 1 aliphatic heterocycles. The van der Waals surface area contributed by atoms with Crippen molar-refractivity contribution in [3.63, 3.8) is 0 Å². The summed E-state index contributed by atoms with van der Waals surface area (Å²) in [5.41, 5.74) is 7.81. The monoisotopic (exact) mass is 981 g/mol. The molecule has 0 saturated carbocycles. The van der Waals surface area contributed by atoms with Gasteiger partial charge in [0.05, 0.1) is 6.61 Å². The van der Waals surface area contributed by atoms with E-state index < -0.39 is 18.4 Å². The molecule has 2 aromatic carbocycles. The summed E-state index contributed by atoms with van der Waals surface area (Å²) >= 11 is 1.80. The maximum Gasteiger partial charge on any atom is 0.123 e. The number of thiophene rings is 2. The van der Waals surface area contributed by atoms with Crippen molar-refractivity contribution in [2.24, 2.45) is 0 Å². The van der Waals surface area contributed by atoms with E-state index in [-0.39, 0.29) is 0 Å². The zero-order valence-corrected chi connectivity index (χ0v) is 45.1. The summed E-state index contributed by atoms with van der Waals surface area (Å²) in [5, 5.41) is 2.13. The molecule has 0 spiro atoms. The van der Waals surface area contributed by atoms with Crippen LogP contribution in [0.5, 0.6) is 11.5 Å². The van der Waals surface area contributed by atoms with Gasteiger partial charge in [0.1, 0.15) is 5.75 Å². The van der Waals surface area contributed by atoms with E-state index in [1.807, 2.05) is 11.3 Å². The molecule has 61 heavy (non-hydrogen) atoms. The Morgan fingerprint density at radius 1 is 0.525 bits per heavy atom. The second-order valence-corrected chi connectivity index (χ2v) is 36.1. The molecule has 0 N–H and O–H groups in total. The van der Waals surface area contributed by atoms with Crippen molar-refractivity contribution in [3.05, 3.63) is 76.2 Å². The third-order valence-corrected chi connectivity index (χ3v) is 23.6. The van der Waals surface area contributed by atoms with Crippen molar-refractivity contribution >= 4 is 43.9 Å². The SMILES string of the molecule is C1CCOC1.CCCCCCCCCCCCOc1cc(-c2cc[c]([Sn]([CH3])([CH3])[CH3])s2)cc(C)c1C.CCCCCCCCCCCCOc1cc(-c2cccs2)cc(C)c1C. The summed E-state index contributed by atoms with van der Waals surface area (Å²) in [4.78, 5) is 10.2. The van der Waals surface area contributed by atoms with E-state index in [2.05, 4.69) is 110 Å². The number of hydrogen-bond acceptors (Lipinski definition) is 5. The Hall–Kier alpha value is -1.80. The Morgan fingerprint density at radius 3 is 1.31 bits per heavy atom. The molecular weight excluding hydrogens is 891 g/mol. The van der Waals surface area contributed by atoms with Gasteiger partial charge in [-0.3, -0.25) is 0 Å². The fourth-order valence-corrected chi connectivity index (χ4v) is 14.6. The third kappa shape index (κ3) is 22.1. The van der Waals surface area contributed by atoms with E-state index >= 15 is 0 Å². The molecule has 0 amide bonds. The average molecular weight is 980 g/mol. The van der Waals surface area contributed by atoms with Crippen molar-refractivity contribution in [1.29, 1.82) is 0 Å². The van der Waals surface area contributed by atoms with Crippen LogP contribution in [-0.4, -0.2) is 44.8 Å². The first kappa shape index (κ1) is 53.5. The molecule has 3 nitrogen and oxygen atoms in total. The van der Waals surface area contributed by atoms with Gasteiger partial charge < -0.3 is 9.47 Å². The van der Waals surface area contributed by atoms with E-state index in [9.17, 15) is 0 Å². The summed E-state index contributed by atoms with van der Waals surface area (Å²) in [5.74, 6) is 2.14. The van der Waals surface area contributed by atoms with Crippen LogP contribution >= 0.6 is 22.7 Å². The second-order valence-electron chi connectivity index (χ2n) is 18.6. The largest absolute Gasteiger partial charge is 0.493 e. The minimum Gasteiger partial charge on any atom is -0.493 e. The van der Waals surface area contributed by atoms with Crippen LogP contribution in [0.4, 0.5) is 0 Å². The molecule has 1 aliphatic rings. The Bertz CT molecular complexity index is 1690. The van der Waals surface area contributed by atoms with Crippen LogP contribution in [0.25, 0.3) is 20.9 Å². The smallest absolute Gasteiger partial charge is 0.123 e. The number of aryl methyl sites for hydroxylation is 2. The van der Waals surface area contributed by atoms with Crippen LogP contribution in [0.3, 0.4) is 0 Å². The molecular formula is C55H88O3S2Sn. The third-order valence-electron chi connectivity index (χ3n) is 12.0. The zero-order valence-electron chi connectivity index (χ0n) is 40.6. The Morgan fingerprint density at radius 2 is 0.951 bits per heavy atom. The Labute approximate surface area is 388 Å². The van der Waals surface area contributed by atoms with Gasteiger partial charge in [0.15, 0.2) is 0 Å². The van der Waals surface area contributed by atoms with Gasteiger partial charge in [-0.1, -0.05) is 122 Å². The number of hydrogen-bond donors (Lipinski definition) is 0. The predicted octanol–water partition coefficient (Wildman–Crippen LogP) is 18.0. The maximum absolute atomic E-state index is 6.24. The van der Waals surface area contributed by atoms with Gasteiger partial charge in [-0.15, -0.1) is 11.3 Å². The van der Waals surface area contributed by atoms with Gasteiger partial charge in [-0.25, -0.2) is 0 Å². The molecule has 5 rings (SSSR count). The molecule has 342 valence electrons. The Balaban J connectivity index is 0.000000293. The van der Waals surface area contributed by atoms with Crippen molar-refractivity contribution < 1.29 is 14.2 Å². The predicted molar refractivity (Wildman–Crippen MR) is 276 cm³/mol. The molecule has 0 bridgehead atoms. The Kier molecular flexibility index (Phi) is 28.0. The number of benzene rings is 2. The fraction of sp³-hybridized carbons (Fsp3) is 0.636. The topological polar surface area (TPSA) is 27.7 Å². The maximum atomic E-state index is 6.24. The fourth-order valence-electron chi connectivity index (χ4n) is 7.63.